The number of fused-ring (bicyclic) bond motifs is 1. The van der Waals surface area contributed by atoms with Crippen molar-refractivity contribution in [3.63, 3.8) is 0 Å². The minimum absolute atomic E-state index is 0.00926. The summed E-state index contributed by atoms with van der Waals surface area (Å²) in [5, 5.41) is 4.09. The zero-order valence-electron chi connectivity index (χ0n) is 11.6. The summed E-state index contributed by atoms with van der Waals surface area (Å²) in [5.74, 6) is 0.00926. The molecule has 0 aliphatic carbocycles. The maximum atomic E-state index is 12.2. The van der Waals surface area contributed by atoms with Crippen molar-refractivity contribution in [2.45, 2.75) is 45.6 Å². The van der Waals surface area contributed by atoms with Gasteiger partial charge in [-0.25, -0.2) is 0 Å². The molecule has 19 heavy (non-hydrogen) atoms. The Bertz CT molecular complexity index is 538. The number of amides is 1. The third-order valence-corrected chi connectivity index (χ3v) is 3.32. The van der Waals surface area contributed by atoms with Crippen molar-refractivity contribution in [3.8, 4) is 0 Å². The number of rotatable bonds is 6. The van der Waals surface area contributed by atoms with Gasteiger partial charge < -0.3 is 9.73 Å². The highest BCUT2D eigenvalue weighted by Crippen LogP contribution is 2.17. The molecule has 1 aromatic carbocycles. The highest BCUT2D eigenvalue weighted by Gasteiger charge is 2.13. The molecule has 0 aliphatic rings. The molecule has 0 radical (unpaired) electrons. The van der Waals surface area contributed by atoms with E-state index >= 15 is 0 Å². The summed E-state index contributed by atoms with van der Waals surface area (Å²) in [5.41, 5.74) is 1.52. The lowest BCUT2D eigenvalue weighted by Gasteiger charge is -2.17. The fourth-order valence-corrected chi connectivity index (χ4v) is 2.36. The summed E-state index contributed by atoms with van der Waals surface area (Å²) >= 11 is 0. The molecular weight excluding hydrogens is 238 g/mol. The Hall–Kier alpha value is -1.77. The summed E-state index contributed by atoms with van der Waals surface area (Å²) in [6.07, 6.45) is 5.89. The highest BCUT2D eigenvalue weighted by molar-refractivity contribution is 5.97. The third kappa shape index (κ3) is 3.37. The standard InChI is InChI=1S/C16H21NO2/c1-3-5-14(6-4-2)17-16(18)13-7-8-15-12(11-13)9-10-19-15/h7-11,14H,3-6H2,1-2H3,(H,17,18). The van der Waals surface area contributed by atoms with Crippen LogP contribution in [-0.2, 0) is 0 Å². The van der Waals surface area contributed by atoms with Crippen molar-refractivity contribution in [3.05, 3.63) is 36.1 Å². The Kier molecular flexibility index (Phi) is 4.61. The van der Waals surface area contributed by atoms with Crippen LogP contribution in [0.2, 0.25) is 0 Å². The topological polar surface area (TPSA) is 42.2 Å². The summed E-state index contributed by atoms with van der Waals surface area (Å²) in [7, 11) is 0. The normalized spacial score (nSPS) is 11.1. The van der Waals surface area contributed by atoms with Gasteiger partial charge in [0.1, 0.15) is 5.58 Å². The molecule has 1 heterocycles. The Morgan fingerprint density at radius 3 is 2.63 bits per heavy atom. The second-order valence-corrected chi connectivity index (χ2v) is 4.92. The van der Waals surface area contributed by atoms with E-state index in [9.17, 15) is 4.79 Å². The van der Waals surface area contributed by atoms with E-state index in [1.54, 1.807) is 6.26 Å². The van der Waals surface area contributed by atoms with Crippen LogP contribution >= 0.6 is 0 Å². The minimum Gasteiger partial charge on any atom is -0.464 e. The number of furan rings is 1. The van der Waals surface area contributed by atoms with Crippen LogP contribution in [0.1, 0.15) is 49.9 Å². The van der Waals surface area contributed by atoms with Gasteiger partial charge in [0.05, 0.1) is 6.26 Å². The Morgan fingerprint density at radius 1 is 1.21 bits per heavy atom. The largest absolute Gasteiger partial charge is 0.464 e. The van der Waals surface area contributed by atoms with Crippen molar-refractivity contribution in [2.75, 3.05) is 0 Å². The second kappa shape index (κ2) is 6.41. The quantitative estimate of drug-likeness (QED) is 0.847. The average Bonchev–Trinajstić information content (AvgIpc) is 2.86. The van der Waals surface area contributed by atoms with Crippen molar-refractivity contribution in [2.24, 2.45) is 0 Å². The summed E-state index contributed by atoms with van der Waals surface area (Å²) in [6, 6.07) is 7.70. The molecule has 0 bridgehead atoms. The van der Waals surface area contributed by atoms with Crippen molar-refractivity contribution in [1.82, 2.24) is 5.32 Å². The molecule has 0 aliphatic heterocycles. The van der Waals surface area contributed by atoms with Gasteiger partial charge in [0.25, 0.3) is 5.91 Å². The number of benzene rings is 1. The van der Waals surface area contributed by atoms with Crippen LogP contribution in [0.15, 0.2) is 34.9 Å². The van der Waals surface area contributed by atoms with Gasteiger partial charge in [-0.3, -0.25) is 4.79 Å². The second-order valence-electron chi connectivity index (χ2n) is 4.92. The first-order chi connectivity index (χ1) is 9.24. The number of carbonyl (C=O) groups excluding carboxylic acids is 1. The maximum Gasteiger partial charge on any atom is 0.251 e. The Balaban J connectivity index is 2.09. The maximum absolute atomic E-state index is 12.2. The monoisotopic (exact) mass is 259 g/mol. The molecule has 1 amide bonds. The first-order valence-electron chi connectivity index (χ1n) is 7.02. The van der Waals surface area contributed by atoms with Gasteiger partial charge in [-0.05, 0) is 37.1 Å². The number of hydrogen-bond acceptors (Lipinski definition) is 2. The van der Waals surface area contributed by atoms with Gasteiger partial charge >= 0.3 is 0 Å². The Morgan fingerprint density at radius 2 is 1.95 bits per heavy atom. The molecule has 0 saturated carbocycles. The van der Waals surface area contributed by atoms with E-state index in [-0.39, 0.29) is 11.9 Å². The summed E-state index contributed by atoms with van der Waals surface area (Å²) in [4.78, 5) is 12.2. The molecule has 1 N–H and O–H groups in total. The van der Waals surface area contributed by atoms with Crippen LogP contribution in [0.3, 0.4) is 0 Å². The van der Waals surface area contributed by atoms with E-state index in [0.29, 0.717) is 5.56 Å². The smallest absolute Gasteiger partial charge is 0.251 e. The molecule has 102 valence electrons. The number of nitrogens with one attached hydrogen (secondary N) is 1. The Labute approximate surface area is 114 Å². The SMILES string of the molecule is CCCC(CCC)NC(=O)c1ccc2occc2c1. The van der Waals surface area contributed by atoms with Crippen molar-refractivity contribution in [1.29, 1.82) is 0 Å². The van der Waals surface area contributed by atoms with E-state index in [4.69, 9.17) is 4.42 Å². The average molecular weight is 259 g/mol. The predicted octanol–water partition coefficient (Wildman–Crippen LogP) is 4.13. The van der Waals surface area contributed by atoms with E-state index in [2.05, 4.69) is 19.2 Å². The van der Waals surface area contributed by atoms with Crippen molar-refractivity contribution >= 4 is 16.9 Å². The molecule has 2 aromatic rings. The summed E-state index contributed by atoms with van der Waals surface area (Å²) in [6.45, 7) is 4.29. The fourth-order valence-electron chi connectivity index (χ4n) is 2.36. The van der Waals surface area contributed by atoms with Gasteiger partial charge in [0.15, 0.2) is 0 Å². The van der Waals surface area contributed by atoms with Gasteiger partial charge in [0, 0.05) is 17.0 Å². The first-order valence-corrected chi connectivity index (χ1v) is 7.02. The van der Waals surface area contributed by atoms with E-state index < -0.39 is 0 Å². The number of hydrogen-bond donors (Lipinski definition) is 1. The molecule has 3 heteroatoms. The molecule has 3 nitrogen and oxygen atoms in total. The zero-order valence-corrected chi connectivity index (χ0v) is 11.6. The molecular formula is C16H21NO2. The van der Waals surface area contributed by atoms with Crippen LogP contribution in [-0.4, -0.2) is 11.9 Å². The van der Waals surface area contributed by atoms with Crippen LogP contribution in [0.4, 0.5) is 0 Å². The molecule has 0 unspecified atom stereocenters. The van der Waals surface area contributed by atoms with Crippen LogP contribution in [0.5, 0.6) is 0 Å². The van der Waals surface area contributed by atoms with Crippen LogP contribution in [0.25, 0.3) is 11.0 Å². The molecule has 1 aromatic heterocycles. The first kappa shape index (κ1) is 13.7. The molecule has 0 atom stereocenters. The van der Waals surface area contributed by atoms with Crippen LogP contribution < -0.4 is 5.32 Å². The molecule has 0 fully saturated rings. The van der Waals surface area contributed by atoms with E-state index in [0.717, 1.165) is 36.7 Å². The number of carbonyl (C=O) groups is 1. The van der Waals surface area contributed by atoms with Gasteiger partial charge in [-0.15, -0.1) is 0 Å². The highest BCUT2D eigenvalue weighted by atomic mass is 16.3. The van der Waals surface area contributed by atoms with Crippen molar-refractivity contribution < 1.29 is 9.21 Å². The lowest BCUT2D eigenvalue weighted by Crippen LogP contribution is -2.34. The zero-order chi connectivity index (χ0) is 13.7. The fraction of sp³-hybridized carbons (Fsp3) is 0.438. The van der Waals surface area contributed by atoms with Gasteiger partial charge in [0.2, 0.25) is 0 Å². The van der Waals surface area contributed by atoms with E-state index in [1.807, 2.05) is 24.3 Å². The minimum atomic E-state index is 0.00926. The van der Waals surface area contributed by atoms with Crippen LogP contribution in [0, 0.1) is 0 Å². The van der Waals surface area contributed by atoms with Gasteiger partial charge in [-0.1, -0.05) is 26.7 Å². The molecule has 0 saturated heterocycles. The molecule has 0 spiro atoms. The van der Waals surface area contributed by atoms with Gasteiger partial charge in [-0.2, -0.15) is 0 Å². The summed E-state index contributed by atoms with van der Waals surface area (Å²) < 4.78 is 5.28. The lowest BCUT2D eigenvalue weighted by molar-refractivity contribution is 0.0932. The molecule has 2 rings (SSSR count). The van der Waals surface area contributed by atoms with E-state index in [1.165, 1.54) is 0 Å². The third-order valence-electron chi connectivity index (χ3n) is 3.32. The lowest BCUT2D eigenvalue weighted by atomic mass is 10.1. The predicted molar refractivity (Wildman–Crippen MR) is 77.3 cm³/mol.